The average molecular weight is 159 g/mol. The van der Waals surface area contributed by atoms with Crippen LogP contribution in [-0.2, 0) is 0 Å². The van der Waals surface area contributed by atoms with E-state index in [1.165, 1.54) is 6.26 Å². The molecular weight excluding hydrogens is 152 g/mol. The summed E-state index contributed by atoms with van der Waals surface area (Å²) in [6, 6.07) is 9.45. The predicted octanol–water partition coefficient (Wildman–Crippen LogP) is 2.53. The lowest BCUT2D eigenvalue weighted by atomic mass is 10.1. The standard InChI is InChI=1S/C10H7O2/c11-7-10-9-4-2-1-3-8(9)5-6-12-10/h1-7H/q+1. The fourth-order valence-corrected chi connectivity index (χ4v) is 1.20. The molecule has 0 atom stereocenters. The number of benzene rings is 1. The van der Waals surface area contributed by atoms with Gasteiger partial charge in [0.2, 0.25) is 6.29 Å². The van der Waals surface area contributed by atoms with E-state index in [4.69, 9.17) is 4.42 Å². The molecule has 58 valence electrons. The van der Waals surface area contributed by atoms with Gasteiger partial charge in [0.05, 0.1) is 5.39 Å². The van der Waals surface area contributed by atoms with E-state index in [9.17, 15) is 4.79 Å². The Bertz CT molecular complexity index is 416. The van der Waals surface area contributed by atoms with Gasteiger partial charge in [-0.3, -0.25) is 4.79 Å². The van der Waals surface area contributed by atoms with Crippen LogP contribution in [0.3, 0.4) is 0 Å². The van der Waals surface area contributed by atoms with Crippen LogP contribution in [0.4, 0.5) is 0 Å². The third kappa shape index (κ3) is 0.975. The number of aldehydes is 1. The maximum Gasteiger partial charge on any atom is 0.399 e. The topological polar surface area (TPSA) is 28.4 Å². The van der Waals surface area contributed by atoms with Crippen molar-refractivity contribution in [2.24, 2.45) is 0 Å². The summed E-state index contributed by atoms with van der Waals surface area (Å²) in [5.41, 5.74) is 0. The molecule has 2 rings (SSSR count). The molecule has 1 heterocycles. The van der Waals surface area contributed by atoms with E-state index in [0.29, 0.717) is 5.76 Å². The third-order valence-corrected chi connectivity index (χ3v) is 1.78. The maximum absolute atomic E-state index is 10.5. The number of carbonyl (C=O) groups excluding carboxylic acids is 1. The zero-order valence-electron chi connectivity index (χ0n) is 6.36. The van der Waals surface area contributed by atoms with Gasteiger partial charge in [0, 0.05) is 11.5 Å². The van der Waals surface area contributed by atoms with E-state index in [1.807, 2.05) is 30.3 Å². The molecule has 0 bridgehead atoms. The van der Waals surface area contributed by atoms with Crippen LogP contribution in [0, 0.1) is 0 Å². The Labute approximate surface area is 69.4 Å². The van der Waals surface area contributed by atoms with Crippen LogP contribution >= 0.6 is 0 Å². The fourth-order valence-electron chi connectivity index (χ4n) is 1.20. The molecule has 0 saturated carbocycles. The molecule has 12 heavy (non-hydrogen) atoms. The van der Waals surface area contributed by atoms with E-state index in [2.05, 4.69) is 0 Å². The summed E-state index contributed by atoms with van der Waals surface area (Å²) in [6.45, 7) is 0. The van der Waals surface area contributed by atoms with Gasteiger partial charge in [0.1, 0.15) is 0 Å². The summed E-state index contributed by atoms with van der Waals surface area (Å²) < 4.78 is 5.02. The highest BCUT2D eigenvalue weighted by atomic mass is 16.3. The molecule has 0 unspecified atom stereocenters. The number of fused-ring (bicyclic) bond motifs is 1. The van der Waals surface area contributed by atoms with Crippen molar-refractivity contribution < 1.29 is 9.21 Å². The zero-order chi connectivity index (χ0) is 8.39. The van der Waals surface area contributed by atoms with Crippen molar-refractivity contribution >= 4 is 17.1 Å². The molecule has 0 fully saturated rings. The van der Waals surface area contributed by atoms with Gasteiger partial charge < -0.3 is 0 Å². The minimum Gasteiger partial charge on any atom is -0.288 e. The molecule has 0 N–H and O–H groups in total. The van der Waals surface area contributed by atoms with Crippen LogP contribution in [0.2, 0.25) is 0 Å². The number of carbonyl (C=O) groups is 1. The summed E-state index contributed by atoms with van der Waals surface area (Å²) in [6.07, 6.45) is 2.24. The average Bonchev–Trinajstić information content (AvgIpc) is 2.17. The molecule has 0 aliphatic carbocycles. The Morgan fingerprint density at radius 3 is 2.83 bits per heavy atom. The highest BCUT2D eigenvalue weighted by molar-refractivity contribution is 5.94. The molecular formula is C10H7O2+. The Morgan fingerprint density at radius 2 is 2.00 bits per heavy atom. The van der Waals surface area contributed by atoms with Gasteiger partial charge in [-0.05, 0) is 6.07 Å². The van der Waals surface area contributed by atoms with Crippen molar-refractivity contribution in [2.75, 3.05) is 0 Å². The smallest absolute Gasteiger partial charge is 0.288 e. The lowest BCUT2D eigenvalue weighted by molar-refractivity contribution is 0.110. The van der Waals surface area contributed by atoms with Crippen LogP contribution in [0.25, 0.3) is 10.8 Å². The lowest BCUT2D eigenvalue weighted by Crippen LogP contribution is -1.81. The Morgan fingerprint density at radius 1 is 1.17 bits per heavy atom. The molecule has 0 aliphatic rings. The van der Waals surface area contributed by atoms with Crippen LogP contribution in [0.15, 0.2) is 41.0 Å². The van der Waals surface area contributed by atoms with Gasteiger partial charge in [-0.25, -0.2) is 4.42 Å². The Kier molecular flexibility index (Phi) is 1.59. The summed E-state index contributed by atoms with van der Waals surface area (Å²) in [4.78, 5) is 10.5. The predicted molar refractivity (Wildman–Crippen MR) is 46.0 cm³/mol. The fraction of sp³-hybridized carbons (Fsp3) is 0. The Balaban J connectivity index is 2.88. The summed E-state index contributed by atoms with van der Waals surface area (Å²) in [5.74, 6) is 0.383. The molecule has 1 aromatic carbocycles. The third-order valence-electron chi connectivity index (χ3n) is 1.78. The number of hydrogen-bond donors (Lipinski definition) is 0. The first-order valence-electron chi connectivity index (χ1n) is 3.66. The van der Waals surface area contributed by atoms with Gasteiger partial charge in [-0.2, -0.15) is 0 Å². The van der Waals surface area contributed by atoms with Crippen LogP contribution in [0.1, 0.15) is 10.6 Å². The molecule has 0 radical (unpaired) electrons. The van der Waals surface area contributed by atoms with Crippen molar-refractivity contribution in [3.8, 4) is 0 Å². The summed E-state index contributed by atoms with van der Waals surface area (Å²) >= 11 is 0. The number of rotatable bonds is 1. The van der Waals surface area contributed by atoms with Gasteiger partial charge in [0.25, 0.3) is 0 Å². The van der Waals surface area contributed by atoms with Gasteiger partial charge in [-0.15, -0.1) is 0 Å². The first kappa shape index (κ1) is 6.98. The van der Waals surface area contributed by atoms with Crippen LogP contribution in [0.5, 0.6) is 0 Å². The lowest BCUT2D eigenvalue weighted by Gasteiger charge is -1.89. The highest BCUT2D eigenvalue weighted by Crippen LogP contribution is 2.16. The van der Waals surface area contributed by atoms with E-state index < -0.39 is 0 Å². The molecule has 0 spiro atoms. The first-order chi connectivity index (χ1) is 5.92. The van der Waals surface area contributed by atoms with E-state index in [-0.39, 0.29) is 0 Å². The van der Waals surface area contributed by atoms with E-state index in [1.54, 1.807) is 0 Å². The van der Waals surface area contributed by atoms with E-state index in [0.717, 1.165) is 17.1 Å². The highest BCUT2D eigenvalue weighted by Gasteiger charge is 2.10. The zero-order valence-corrected chi connectivity index (χ0v) is 6.36. The monoisotopic (exact) mass is 159 g/mol. The SMILES string of the molecule is O=Cc1[o+]ccc2ccccc12. The normalized spacial score (nSPS) is 10.0. The number of hydrogen-bond acceptors (Lipinski definition) is 1. The maximum atomic E-state index is 10.5. The molecule has 2 heteroatoms. The minimum atomic E-state index is 0.383. The second-order valence-electron chi connectivity index (χ2n) is 2.49. The van der Waals surface area contributed by atoms with Crippen LogP contribution < -0.4 is 0 Å². The van der Waals surface area contributed by atoms with Gasteiger partial charge in [-0.1, -0.05) is 18.2 Å². The van der Waals surface area contributed by atoms with Gasteiger partial charge in [0.15, 0.2) is 0 Å². The van der Waals surface area contributed by atoms with E-state index >= 15 is 0 Å². The molecule has 0 amide bonds. The summed E-state index contributed by atoms with van der Waals surface area (Å²) in [5, 5.41) is 1.88. The summed E-state index contributed by atoms with van der Waals surface area (Å²) in [7, 11) is 0. The minimum absolute atomic E-state index is 0.383. The second kappa shape index (κ2) is 2.74. The molecule has 2 aromatic rings. The van der Waals surface area contributed by atoms with Crippen molar-refractivity contribution in [1.82, 2.24) is 0 Å². The van der Waals surface area contributed by atoms with Gasteiger partial charge >= 0.3 is 12.0 Å². The van der Waals surface area contributed by atoms with Crippen molar-refractivity contribution in [3.05, 3.63) is 42.4 Å². The molecule has 0 aliphatic heterocycles. The molecule has 2 nitrogen and oxygen atoms in total. The van der Waals surface area contributed by atoms with Crippen molar-refractivity contribution in [2.45, 2.75) is 0 Å². The second-order valence-corrected chi connectivity index (χ2v) is 2.49. The first-order valence-corrected chi connectivity index (χ1v) is 3.66. The van der Waals surface area contributed by atoms with Crippen molar-refractivity contribution in [1.29, 1.82) is 0 Å². The van der Waals surface area contributed by atoms with Crippen molar-refractivity contribution in [3.63, 3.8) is 0 Å². The molecule has 1 aromatic heterocycles. The largest absolute Gasteiger partial charge is 0.399 e. The van der Waals surface area contributed by atoms with Crippen LogP contribution in [-0.4, -0.2) is 6.29 Å². The molecule has 0 saturated heterocycles. The Hall–Kier alpha value is -1.70. The quantitative estimate of drug-likeness (QED) is 0.472.